The van der Waals surface area contributed by atoms with Gasteiger partial charge in [-0.15, -0.1) is 0 Å². The van der Waals surface area contributed by atoms with Crippen LogP contribution in [0, 0.1) is 0 Å². The molecule has 1 aliphatic rings. The number of ether oxygens (including phenoxy) is 3. The number of carbonyl (C=O) groups excluding carboxylic acids is 2. The third-order valence-electron chi connectivity index (χ3n) is 5.48. The summed E-state index contributed by atoms with van der Waals surface area (Å²) in [4.78, 5) is 27.3. The Morgan fingerprint density at radius 2 is 1.58 bits per heavy atom. The normalized spacial score (nSPS) is 17.4. The number of hydrogen-bond acceptors (Lipinski definition) is 6. The molecule has 7 heteroatoms. The van der Waals surface area contributed by atoms with Crippen LogP contribution in [0.25, 0.3) is 5.76 Å². The van der Waals surface area contributed by atoms with Gasteiger partial charge in [-0.2, -0.15) is 0 Å². The second-order valence-electron chi connectivity index (χ2n) is 7.71. The number of methoxy groups -OCH3 is 1. The molecule has 1 amide bonds. The standard InChI is InChI=1S/C26H31NO6/c1-4-6-16-33-21-13-9-19(10-14-21)24(28)22-23(18-7-11-20(12-8-18)32-5-2)27(15-17-31-3)26(30)25(22)29/h7-14,23,28H,4-6,15-17H2,1-3H3/b24-22+. The lowest BCUT2D eigenvalue weighted by Crippen LogP contribution is -2.32. The molecule has 0 aromatic heterocycles. The smallest absolute Gasteiger partial charge is 0.295 e. The third kappa shape index (κ3) is 5.54. The maximum Gasteiger partial charge on any atom is 0.295 e. The highest BCUT2D eigenvalue weighted by Crippen LogP contribution is 2.39. The van der Waals surface area contributed by atoms with Crippen LogP contribution in [0.4, 0.5) is 0 Å². The van der Waals surface area contributed by atoms with Gasteiger partial charge < -0.3 is 24.2 Å². The van der Waals surface area contributed by atoms with Crippen molar-refractivity contribution in [1.29, 1.82) is 0 Å². The molecule has 176 valence electrons. The van der Waals surface area contributed by atoms with Gasteiger partial charge in [0.1, 0.15) is 17.3 Å². The average Bonchev–Trinajstić information content (AvgIpc) is 3.08. The van der Waals surface area contributed by atoms with Crippen molar-refractivity contribution in [2.24, 2.45) is 0 Å². The molecule has 0 spiro atoms. The minimum absolute atomic E-state index is 0.0555. The van der Waals surface area contributed by atoms with Crippen molar-refractivity contribution in [1.82, 2.24) is 4.90 Å². The fraction of sp³-hybridized carbons (Fsp3) is 0.385. The van der Waals surface area contributed by atoms with Crippen LogP contribution < -0.4 is 9.47 Å². The number of hydrogen-bond donors (Lipinski definition) is 1. The number of amides is 1. The quantitative estimate of drug-likeness (QED) is 0.236. The Morgan fingerprint density at radius 1 is 0.939 bits per heavy atom. The zero-order valence-corrected chi connectivity index (χ0v) is 19.4. The first-order chi connectivity index (χ1) is 16.0. The molecular weight excluding hydrogens is 422 g/mol. The monoisotopic (exact) mass is 453 g/mol. The molecule has 0 aliphatic carbocycles. The topological polar surface area (TPSA) is 85.3 Å². The number of carbonyl (C=O) groups is 2. The molecule has 1 heterocycles. The Labute approximate surface area is 194 Å². The minimum Gasteiger partial charge on any atom is -0.507 e. The van der Waals surface area contributed by atoms with Crippen LogP contribution in [0.15, 0.2) is 54.1 Å². The zero-order valence-electron chi connectivity index (χ0n) is 19.4. The van der Waals surface area contributed by atoms with E-state index >= 15 is 0 Å². The fourth-order valence-corrected chi connectivity index (χ4v) is 3.76. The molecule has 33 heavy (non-hydrogen) atoms. The van der Waals surface area contributed by atoms with Crippen LogP contribution in [0.3, 0.4) is 0 Å². The summed E-state index contributed by atoms with van der Waals surface area (Å²) in [6.07, 6.45) is 1.99. The lowest BCUT2D eigenvalue weighted by molar-refractivity contribution is -0.140. The van der Waals surface area contributed by atoms with E-state index in [0.29, 0.717) is 35.8 Å². The number of benzene rings is 2. The number of rotatable bonds is 11. The molecule has 1 fully saturated rings. The Kier molecular flexibility index (Phi) is 8.49. The molecule has 1 atom stereocenters. The van der Waals surface area contributed by atoms with Crippen LogP contribution in [-0.2, 0) is 14.3 Å². The summed E-state index contributed by atoms with van der Waals surface area (Å²) in [5.41, 5.74) is 1.20. The number of aliphatic hydroxyl groups is 1. The van der Waals surface area contributed by atoms with Gasteiger partial charge >= 0.3 is 0 Å². The second kappa shape index (κ2) is 11.5. The van der Waals surface area contributed by atoms with E-state index in [1.54, 1.807) is 48.5 Å². The summed E-state index contributed by atoms with van der Waals surface area (Å²) in [6.45, 7) is 5.62. The van der Waals surface area contributed by atoms with Crippen molar-refractivity contribution < 1.29 is 28.9 Å². The minimum atomic E-state index is -0.726. The van der Waals surface area contributed by atoms with Crippen molar-refractivity contribution in [2.75, 3.05) is 33.5 Å². The number of aliphatic hydroxyl groups excluding tert-OH is 1. The Bertz CT molecular complexity index is 981. The van der Waals surface area contributed by atoms with E-state index in [1.165, 1.54) is 12.0 Å². The van der Waals surface area contributed by atoms with Crippen molar-refractivity contribution in [3.05, 3.63) is 65.2 Å². The van der Waals surface area contributed by atoms with Crippen LogP contribution in [0.2, 0.25) is 0 Å². The third-order valence-corrected chi connectivity index (χ3v) is 5.48. The number of nitrogens with zero attached hydrogens (tertiary/aromatic N) is 1. The molecule has 0 bridgehead atoms. The number of unbranched alkanes of at least 4 members (excludes halogenated alkanes) is 1. The highest BCUT2D eigenvalue weighted by Gasteiger charge is 2.45. The Balaban J connectivity index is 1.99. The van der Waals surface area contributed by atoms with Gasteiger partial charge in [-0.05, 0) is 55.3 Å². The van der Waals surface area contributed by atoms with Gasteiger partial charge in [0.05, 0.1) is 31.4 Å². The predicted octanol–water partition coefficient (Wildman–Crippen LogP) is 4.33. The molecule has 3 rings (SSSR count). The van der Waals surface area contributed by atoms with Gasteiger partial charge in [-0.25, -0.2) is 0 Å². The van der Waals surface area contributed by atoms with Crippen molar-refractivity contribution in [2.45, 2.75) is 32.7 Å². The zero-order chi connectivity index (χ0) is 23.8. The summed E-state index contributed by atoms with van der Waals surface area (Å²) in [5, 5.41) is 11.1. The molecule has 2 aromatic carbocycles. The van der Waals surface area contributed by atoms with Crippen LogP contribution >= 0.6 is 0 Å². The molecule has 7 nitrogen and oxygen atoms in total. The maximum atomic E-state index is 13.0. The average molecular weight is 454 g/mol. The van der Waals surface area contributed by atoms with Crippen molar-refractivity contribution in [3.63, 3.8) is 0 Å². The molecule has 2 aromatic rings. The summed E-state index contributed by atoms with van der Waals surface area (Å²) < 4.78 is 16.3. The van der Waals surface area contributed by atoms with Crippen LogP contribution in [-0.4, -0.2) is 55.2 Å². The van der Waals surface area contributed by atoms with Gasteiger partial charge in [-0.3, -0.25) is 9.59 Å². The van der Waals surface area contributed by atoms with Crippen LogP contribution in [0.1, 0.15) is 43.9 Å². The van der Waals surface area contributed by atoms with E-state index in [2.05, 4.69) is 6.92 Å². The molecule has 1 N–H and O–H groups in total. The lowest BCUT2D eigenvalue weighted by Gasteiger charge is -2.25. The fourth-order valence-electron chi connectivity index (χ4n) is 3.76. The highest BCUT2D eigenvalue weighted by molar-refractivity contribution is 6.46. The Hall–Kier alpha value is -3.32. The van der Waals surface area contributed by atoms with Gasteiger partial charge in [-0.1, -0.05) is 25.5 Å². The van der Waals surface area contributed by atoms with Gasteiger partial charge in [0, 0.05) is 19.2 Å². The van der Waals surface area contributed by atoms with E-state index in [0.717, 1.165) is 12.8 Å². The summed E-state index contributed by atoms with van der Waals surface area (Å²) in [5.74, 6) is -0.220. The van der Waals surface area contributed by atoms with Crippen molar-refractivity contribution in [3.8, 4) is 11.5 Å². The molecular formula is C26H31NO6. The van der Waals surface area contributed by atoms with Gasteiger partial charge in [0.25, 0.3) is 11.7 Å². The largest absolute Gasteiger partial charge is 0.507 e. The van der Waals surface area contributed by atoms with E-state index in [4.69, 9.17) is 14.2 Å². The van der Waals surface area contributed by atoms with Crippen LogP contribution in [0.5, 0.6) is 11.5 Å². The summed E-state index contributed by atoms with van der Waals surface area (Å²) >= 11 is 0. The molecule has 1 saturated heterocycles. The highest BCUT2D eigenvalue weighted by atomic mass is 16.5. The predicted molar refractivity (Wildman–Crippen MR) is 125 cm³/mol. The first kappa shape index (κ1) is 24.3. The van der Waals surface area contributed by atoms with Crippen molar-refractivity contribution >= 4 is 17.4 Å². The maximum absolute atomic E-state index is 13.0. The number of ketones is 1. The van der Waals surface area contributed by atoms with E-state index in [-0.39, 0.29) is 24.5 Å². The first-order valence-electron chi connectivity index (χ1n) is 11.2. The lowest BCUT2D eigenvalue weighted by atomic mass is 9.95. The molecule has 0 saturated carbocycles. The summed E-state index contributed by atoms with van der Waals surface area (Å²) in [7, 11) is 1.53. The van der Waals surface area contributed by atoms with E-state index in [9.17, 15) is 14.7 Å². The SMILES string of the molecule is CCCCOc1ccc(/C(O)=C2\C(=O)C(=O)N(CCOC)C2c2ccc(OCC)cc2)cc1. The van der Waals surface area contributed by atoms with E-state index < -0.39 is 17.7 Å². The Morgan fingerprint density at radius 3 is 2.18 bits per heavy atom. The molecule has 1 unspecified atom stereocenters. The number of likely N-dealkylation sites (tertiary alicyclic amines) is 1. The second-order valence-corrected chi connectivity index (χ2v) is 7.71. The molecule has 1 aliphatic heterocycles. The van der Waals surface area contributed by atoms with Gasteiger partial charge in [0.2, 0.25) is 0 Å². The molecule has 0 radical (unpaired) electrons. The first-order valence-corrected chi connectivity index (χ1v) is 11.2. The van der Waals surface area contributed by atoms with Gasteiger partial charge in [0.15, 0.2) is 0 Å². The van der Waals surface area contributed by atoms with E-state index in [1.807, 2.05) is 6.92 Å². The number of Topliss-reactive ketones (excluding diaryl/α,β-unsaturated/α-hetero) is 1. The summed E-state index contributed by atoms with van der Waals surface area (Å²) in [6, 6.07) is 13.3.